The molecule has 1 aromatic rings. The normalized spacial score (nSPS) is 14.9. The zero-order valence-corrected chi connectivity index (χ0v) is 22.1. The fraction of sp³-hybridized carbons (Fsp3) is 0.700. The van der Waals surface area contributed by atoms with Gasteiger partial charge in [-0.05, 0) is 18.6 Å². The van der Waals surface area contributed by atoms with Crippen LogP contribution in [0, 0.1) is 3.57 Å². The second-order valence-electron chi connectivity index (χ2n) is 7.23. The summed E-state index contributed by atoms with van der Waals surface area (Å²) in [4.78, 5) is 0. The summed E-state index contributed by atoms with van der Waals surface area (Å²) >= 11 is -11.7. The Morgan fingerprint density at radius 2 is 1.23 bits per heavy atom. The van der Waals surface area contributed by atoms with Crippen LogP contribution in [0.5, 0.6) is 0 Å². The van der Waals surface area contributed by atoms with E-state index >= 15 is 0 Å². The number of benzene rings is 1. The number of hydrogen-bond acceptors (Lipinski definition) is 2. The molecular formula is C20H34F6IO2Sb. The van der Waals surface area contributed by atoms with Gasteiger partial charge < -0.3 is 5.11 Å². The minimum absolute atomic E-state index is 0.285. The molecule has 1 aromatic carbocycles. The number of halogens is 7. The molecule has 180 valence electrons. The van der Waals surface area contributed by atoms with Gasteiger partial charge in [0.05, 0.1) is 6.10 Å². The van der Waals surface area contributed by atoms with Crippen molar-refractivity contribution >= 4 is 19.5 Å². The van der Waals surface area contributed by atoms with Crippen LogP contribution in [0.3, 0.4) is 0 Å². The second kappa shape index (κ2) is 14.4. The van der Waals surface area contributed by atoms with Gasteiger partial charge in [-0.1, -0.05) is 89.3 Å². The molecule has 0 amide bonds. The van der Waals surface area contributed by atoms with Crippen molar-refractivity contribution in [1.29, 1.82) is 0 Å². The molecule has 30 heavy (non-hydrogen) atoms. The number of rotatable bonds is 15. The molecule has 0 saturated carbocycles. The molecule has 1 N–H and O–H groups in total. The molecule has 10 heteroatoms. The van der Waals surface area contributed by atoms with Gasteiger partial charge >= 0.3 is 58.0 Å². The molecule has 1 rings (SSSR count). The first-order chi connectivity index (χ1) is 13.8. The Morgan fingerprint density at radius 1 is 0.800 bits per heavy atom. The van der Waals surface area contributed by atoms with Crippen LogP contribution in [0.4, 0.5) is 16.9 Å². The van der Waals surface area contributed by atoms with Gasteiger partial charge in [0.25, 0.3) is 0 Å². The Balaban J connectivity index is 0.00000103. The van der Waals surface area contributed by atoms with Crippen LogP contribution in [-0.2, 0) is 3.07 Å². The van der Waals surface area contributed by atoms with E-state index in [4.69, 9.17) is 3.07 Å². The zero-order chi connectivity index (χ0) is 23.0. The van der Waals surface area contributed by atoms with Gasteiger partial charge in [0.15, 0.2) is 0 Å². The predicted octanol–water partition coefficient (Wildman–Crippen LogP) is 4.69. The zero-order valence-electron chi connectivity index (χ0n) is 17.4. The Kier molecular flexibility index (Phi) is 14.6. The van der Waals surface area contributed by atoms with Gasteiger partial charge in [-0.15, -0.1) is 3.07 Å². The first-order valence-corrected chi connectivity index (χ1v) is 18.1. The van der Waals surface area contributed by atoms with Crippen LogP contribution in [0.1, 0.15) is 77.6 Å². The Morgan fingerprint density at radius 3 is 1.70 bits per heavy atom. The molecular weight excluding hydrogens is 635 g/mol. The number of unbranched alkanes of at least 4 members (excludes halogenated alkanes) is 9. The van der Waals surface area contributed by atoms with Gasteiger partial charge in [0, 0.05) is 0 Å². The van der Waals surface area contributed by atoms with Crippen molar-refractivity contribution in [3.63, 3.8) is 0 Å². The number of aliphatic hydroxyl groups excluding tert-OH is 1. The summed E-state index contributed by atoms with van der Waals surface area (Å²) in [6.45, 7) is 2.77. The molecule has 1 atom stereocenters. The third kappa shape index (κ3) is 30.5. The summed E-state index contributed by atoms with van der Waals surface area (Å²) in [5.41, 5.74) is 0. The van der Waals surface area contributed by atoms with E-state index in [1.54, 1.807) is 0 Å². The van der Waals surface area contributed by atoms with Crippen molar-refractivity contribution in [2.75, 3.05) is 6.61 Å². The van der Waals surface area contributed by atoms with Crippen molar-refractivity contribution in [2.45, 2.75) is 83.7 Å². The van der Waals surface area contributed by atoms with Gasteiger partial charge in [-0.3, -0.25) is 0 Å². The summed E-state index contributed by atoms with van der Waals surface area (Å²) < 4.78 is 66.5. The molecule has 0 spiro atoms. The molecule has 2 nitrogen and oxygen atoms in total. The average Bonchev–Trinajstić information content (AvgIpc) is 2.61. The third-order valence-corrected chi connectivity index (χ3v) is 5.92. The molecule has 0 aliphatic carbocycles. The molecule has 0 aliphatic rings. The maximum atomic E-state index is 9.94. The summed E-state index contributed by atoms with van der Waals surface area (Å²) in [5.74, 6) is 0. The van der Waals surface area contributed by atoms with E-state index in [-0.39, 0.29) is 6.10 Å². The van der Waals surface area contributed by atoms with E-state index in [1.807, 2.05) is 18.2 Å². The van der Waals surface area contributed by atoms with Crippen LogP contribution < -0.4 is 21.6 Å². The Bertz CT molecular complexity index is 531. The maximum absolute atomic E-state index is 11.2. The molecule has 1 unspecified atom stereocenters. The van der Waals surface area contributed by atoms with E-state index in [9.17, 15) is 22.0 Å². The first kappa shape index (κ1) is 30.3. The van der Waals surface area contributed by atoms with Crippen LogP contribution >= 0.6 is 0 Å². The quantitative estimate of drug-likeness (QED) is 0.127. The van der Waals surface area contributed by atoms with Crippen LogP contribution in [0.25, 0.3) is 0 Å². The van der Waals surface area contributed by atoms with E-state index in [1.165, 1.54) is 61.4 Å². The second-order valence-corrected chi connectivity index (χ2v) is 15.0. The van der Waals surface area contributed by atoms with Crippen LogP contribution in [0.15, 0.2) is 30.3 Å². The van der Waals surface area contributed by atoms with E-state index < -0.39 is 41.1 Å². The molecule has 0 saturated heterocycles. The van der Waals surface area contributed by atoms with Crippen molar-refractivity contribution in [3.05, 3.63) is 33.9 Å². The molecule has 0 bridgehead atoms. The van der Waals surface area contributed by atoms with Gasteiger partial charge in [0.2, 0.25) is 3.57 Å². The monoisotopic (exact) mass is 668 g/mol. The fourth-order valence-electron chi connectivity index (χ4n) is 2.58. The summed E-state index contributed by atoms with van der Waals surface area (Å²) in [6, 6.07) is 10.3. The Hall–Kier alpha value is 0.268. The summed E-state index contributed by atoms with van der Waals surface area (Å²) in [5, 5.41) is 9.94. The van der Waals surface area contributed by atoms with E-state index in [0.29, 0.717) is 6.61 Å². The topological polar surface area (TPSA) is 29.5 Å². The molecule has 0 radical (unpaired) electrons. The van der Waals surface area contributed by atoms with Crippen LogP contribution in [-0.4, -0.2) is 37.3 Å². The van der Waals surface area contributed by atoms with Gasteiger partial charge in [-0.2, -0.15) is 0 Å². The SMILES string of the molecule is CCCCCCCCCCCCC(O)CO[I+]c1ccccc1.[F][Sb-]([F])([F])([F])([F])[F]. The first-order valence-electron chi connectivity index (χ1n) is 10.3. The number of hydrogen-bond donors (Lipinski definition) is 1. The van der Waals surface area contributed by atoms with Crippen molar-refractivity contribution in [3.8, 4) is 0 Å². The molecule has 0 aliphatic heterocycles. The molecule has 0 fully saturated rings. The van der Waals surface area contributed by atoms with Crippen molar-refractivity contribution in [1.82, 2.24) is 0 Å². The van der Waals surface area contributed by atoms with Gasteiger partial charge in [-0.25, -0.2) is 0 Å². The predicted molar refractivity (Wildman–Crippen MR) is 106 cm³/mol. The Labute approximate surface area is 189 Å². The molecule has 0 heterocycles. The van der Waals surface area contributed by atoms with Gasteiger partial charge in [0.1, 0.15) is 6.61 Å². The third-order valence-electron chi connectivity index (χ3n) is 4.02. The summed E-state index contributed by atoms with van der Waals surface area (Å²) in [7, 11) is 0. The van der Waals surface area contributed by atoms with E-state index in [2.05, 4.69) is 19.1 Å². The summed E-state index contributed by atoms with van der Waals surface area (Å²) in [6.07, 6.45) is 14.0. The van der Waals surface area contributed by atoms with E-state index in [0.717, 1.165) is 12.8 Å². The average molecular weight is 669 g/mol. The number of aliphatic hydroxyl groups is 1. The van der Waals surface area contributed by atoms with Crippen molar-refractivity contribution in [2.24, 2.45) is 0 Å². The van der Waals surface area contributed by atoms with Crippen LogP contribution in [0.2, 0.25) is 0 Å². The molecule has 0 aromatic heterocycles. The van der Waals surface area contributed by atoms with Crippen molar-refractivity contribution < 1.29 is 46.7 Å². The standard InChI is InChI=1S/C20H34IO2.6FH.Sb/c1-2-3-4-5-6-7-8-9-10-14-17-20(22)18-23-21-19-15-12-11-13-16-19;;;;;;;/h11-13,15-16,20,22H,2-10,14,17-18H2,1H3;6*1H;/q+1;;;;;;;+5/p-6. The minimum atomic E-state index is -11.2. The fourth-order valence-corrected chi connectivity index (χ4v) is 4.25.